The van der Waals surface area contributed by atoms with Crippen molar-refractivity contribution in [3.05, 3.63) is 34.6 Å². The second kappa shape index (κ2) is 6.46. The normalized spacial score (nSPS) is 47.6. The van der Waals surface area contributed by atoms with Crippen molar-refractivity contribution in [3.63, 3.8) is 0 Å². The van der Waals surface area contributed by atoms with Crippen LogP contribution >= 0.6 is 0 Å². The number of ketones is 2. The summed E-state index contributed by atoms with van der Waals surface area (Å²) >= 11 is 0. The van der Waals surface area contributed by atoms with Gasteiger partial charge in [0.2, 0.25) is 5.78 Å². The van der Waals surface area contributed by atoms with Crippen LogP contribution in [0.3, 0.4) is 0 Å². The summed E-state index contributed by atoms with van der Waals surface area (Å²) in [6.07, 6.45) is 8.43. The van der Waals surface area contributed by atoms with E-state index in [1.165, 1.54) is 5.57 Å². The lowest BCUT2D eigenvalue weighted by Gasteiger charge is -2.67. The molecular weight excluding hydrogens is 400 g/mol. The molecule has 2 N–H and O–H groups in total. The van der Waals surface area contributed by atoms with Gasteiger partial charge in [0.25, 0.3) is 0 Å². The molecule has 0 radical (unpaired) electrons. The number of fused-ring (bicyclic) bond motifs is 7. The summed E-state index contributed by atoms with van der Waals surface area (Å²) in [5.74, 6) is -0.140. The van der Waals surface area contributed by atoms with Crippen molar-refractivity contribution >= 4 is 11.6 Å². The molecule has 0 unspecified atom stereocenters. The summed E-state index contributed by atoms with van der Waals surface area (Å²) in [5, 5.41) is 22.1. The first kappa shape index (κ1) is 22.1. The molecule has 4 heteroatoms. The Morgan fingerprint density at radius 3 is 2.41 bits per heavy atom. The van der Waals surface area contributed by atoms with E-state index < -0.39 is 16.9 Å². The Morgan fingerprint density at radius 2 is 1.72 bits per heavy atom. The van der Waals surface area contributed by atoms with E-state index in [2.05, 4.69) is 40.7 Å². The fourth-order valence-corrected chi connectivity index (χ4v) is 8.82. The molecule has 5 aliphatic rings. The summed E-state index contributed by atoms with van der Waals surface area (Å²) in [7, 11) is 0. The van der Waals surface area contributed by atoms with Crippen LogP contribution in [0.25, 0.3) is 0 Å². The lowest BCUT2D eigenvalue weighted by molar-refractivity contribution is -0.168. The molecule has 0 aromatic rings. The third-order valence-electron chi connectivity index (χ3n) is 10.8. The highest BCUT2D eigenvalue weighted by Gasteiger charge is 2.68. The van der Waals surface area contributed by atoms with Crippen LogP contribution in [0.4, 0.5) is 0 Å². The maximum absolute atomic E-state index is 13.6. The smallest absolute Gasteiger partial charge is 0.222 e. The zero-order valence-corrected chi connectivity index (χ0v) is 20.4. The first-order valence-corrected chi connectivity index (χ1v) is 12.4. The van der Waals surface area contributed by atoms with Crippen LogP contribution in [0.15, 0.2) is 34.6 Å². The molecule has 3 fully saturated rings. The molecule has 0 bridgehead atoms. The third kappa shape index (κ3) is 2.48. The van der Waals surface area contributed by atoms with Crippen molar-refractivity contribution in [2.24, 2.45) is 39.4 Å². The molecule has 0 heterocycles. The fraction of sp³-hybridized carbons (Fsp3) is 0.714. The molecule has 7 atom stereocenters. The summed E-state index contributed by atoms with van der Waals surface area (Å²) in [4.78, 5) is 26.1. The van der Waals surface area contributed by atoms with Gasteiger partial charge in [-0.15, -0.1) is 0 Å². The van der Waals surface area contributed by atoms with Gasteiger partial charge in [-0.2, -0.15) is 0 Å². The standard InChI is InChI=1S/C28H38O4/c1-15-18-10-12-27(5)21(26(18,4)14-20(29)22(15)30)8-7-19-17-13-25(2,3)11-9-16(17)23(31)24(32)28(19,27)6/h7,14,16-17,21,24,29,32H,8-13H2,1-6H3/t16-,17+,21+,24-,26-,27+,28-/m0/s1. The van der Waals surface area contributed by atoms with Crippen LogP contribution < -0.4 is 0 Å². The van der Waals surface area contributed by atoms with Crippen molar-refractivity contribution in [1.82, 2.24) is 0 Å². The number of Topliss-reactive ketones (excluding diaryl/α,β-unsaturated/α-hetero) is 2. The average molecular weight is 439 g/mol. The van der Waals surface area contributed by atoms with Crippen molar-refractivity contribution in [3.8, 4) is 0 Å². The van der Waals surface area contributed by atoms with E-state index in [1.807, 2.05) is 6.92 Å². The van der Waals surface area contributed by atoms with Gasteiger partial charge in [0, 0.05) is 22.3 Å². The minimum absolute atomic E-state index is 0.0342. The van der Waals surface area contributed by atoms with E-state index in [9.17, 15) is 19.8 Å². The quantitative estimate of drug-likeness (QED) is 0.492. The van der Waals surface area contributed by atoms with Gasteiger partial charge in [-0.1, -0.05) is 51.8 Å². The summed E-state index contributed by atoms with van der Waals surface area (Å²) in [6.45, 7) is 13.0. The molecule has 0 amide bonds. The Morgan fingerprint density at radius 1 is 1.03 bits per heavy atom. The Bertz CT molecular complexity index is 1010. The number of hydrogen-bond acceptors (Lipinski definition) is 4. The van der Waals surface area contributed by atoms with E-state index in [4.69, 9.17) is 0 Å². The van der Waals surface area contributed by atoms with Crippen LogP contribution in [-0.4, -0.2) is 27.9 Å². The number of carbonyl (C=O) groups excluding carboxylic acids is 2. The zero-order valence-electron chi connectivity index (χ0n) is 20.4. The molecule has 4 nitrogen and oxygen atoms in total. The van der Waals surface area contributed by atoms with E-state index in [-0.39, 0.29) is 45.9 Å². The second-order valence-corrected chi connectivity index (χ2v) is 12.7. The van der Waals surface area contributed by atoms with Gasteiger partial charge in [0.1, 0.15) is 6.10 Å². The maximum atomic E-state index is 13.6. The molecule has 0 aliphatic heterocycles. The molecule has 0 saturated heterocycles. The van der Waals surface area contributed by atoms with Crippen molar-refractivity contribution in [2.45, 2.75) is 86.2 Å². The Labute approximate surface area is 191 Å². The SMILES string of the molecule is CC1=C2CC[C@]3(C)[C@H](CC=C4[C@@H]5CC(C)(C)CC[C@@H]5C(=O)[C@H](O)[C@]43C)[C@@]2(C)C=C(O)C1=O. The zero-order chi connectivity index (χ0) is 23.4. The molecule has 3 saturated carbocycles. The van der Waals surface area contributed by atoms with E-state index in [0.29, 0.717) is 5.57 Å². The van der Waals surface area contributed by atoms with E-state index in [0.717, 1.165) is 44.1 Å². The van der Waals surface area contributed by atoms with Crippen molar-refractivity contribution in [1.29, 1.82) is 0 Å². The first-order chi connectivity index (χ1) is 14.8. The largest absolute Gasteiger partial charge is 0.504 e. The highest BCUT2D eigenvalue weighted by atomic mass is 16.3. The van der Waals surface area contributed by atoms with Crippen LogP contribution in [-0.2, 0) is 9.59 Å². The Kier molecular flexibility index (Phi) is 4.47. The average Bonchev–Trinajstić information content (AvgIpc) is 2.70. The predicted octanol–water partition coefficient (Wildman–Crippen LogP) is 5.47. The highest BCUT2D eigenvalue weighted by molar-refractivity contribution is 6.08. The molecule has 174 valence electrons. The van der Waals surface area contributed by atoms with Crippen molar-refractivity contribution in [2.75, 3.05) is 0 Å². The number of aliphatic hydroxyl groups is 2. The Balaban J connectivity index is 1.68. The maximum Gasteiger partial charge on any atom is 0.222 e. The second-order valence-electron chi connectivity index (χ2n) is 12.7. The van der Waals surface area contributed by atoms with Gasteiger partial charge in [-0.25, -0.2) is 0 Å². The van der Waals surface area contributed by atoms with Gasteiger partial charge < -0.3 is 10.2 Å². The van der Waals surface area contributed by atoms with Gasteiger partial charge in [-0.05, 0) is 74.2 Å². The lowest BCUT2D eigenvalue weighted by atomic mass is 9.37. The van der Waals surface area contributed by atoms with Crippen LogP contribution in [0.5, 0.6) is 0 Å². The molecule has 5 rings (SSSR count). The predicted molar refractivity (Wildman–Crippen MR) is 124 cm³/mol. The number of rotatable bonds is 0. The molecular formula is C28H38O4. The van der Waals surface area contributed by atoms with E-state index in [1.54, 1.807) is 6.08 Å². The summed E-state index contributed by atoms with van der Waals surface area (Å²) < 4.78 is 0. The highest BCUT2D eigenvalue weighted by Crippen LogP contribution is 2.71. The van der Waals surface area contributed by atoms with E-state index >= 15 is 0 Å². The monoisotopic (exact) mass is 438 g/mol. The minimum atomic E-state index is -0.998. The minimum Gasteiger partial charge on any atom is -0.504 e. The van der Waals surface area contributed by atoms with Crippen LogP contribution in [0.1, 0.15) is 80.1 Å². The van der Waals surface area contributed by atoms with Gasteiger partial charge in [-0.3, -0.25) is 9.59 Å². The fourth-order valence-electron chi connectivity index (χ4n) is 8.82. The summed E-state index contributed by atoms with van der Waals surface area (Å²) in [6, 6.07) is 0. The molecule has 0 aromatic heterocycles. The molecule has 32 heavy (non-hydrogen) atoms. The third-order valence-corrected chi connectivity index (χ3v) is 10.8. The number of aliphatic hydroxyl groups excluding tert-OH is 2. The van der Waals surface area contributed by atoms with Crippen LogP contribution in [0.2, 0.25) is 0 Å². The Hall–Kier alpha value is -1.68. The van der Waals surface area contributed by atoms with Gasteiger partial charge in [0.05, 0.1) is 0 Å². The lowest BCUT2D eigenvalue weighted by Crippen LogP contribution is -2.65. The van der Waals surface area contributed by atoms with Crippen LogP contribution in [0, 0.1) is 39.4 Å². The molecule has 5 aliphatic carbocycles. The summed E-state index contributed by atoms with van der Waals surface area (Å²) in [5.41, 5.74) is 1.90. The number of hydrogen-bond donors (Lipinski definition) is 2. The van der Waals surface area contributed by atoms with Gasteiger partial charge >= 0.3 is 0 Å². The molecule has 0 aromatic carbocycles. The number of carbonyl (C=O) groups is 2. The molecule has 0 spiro atoms. The van der Waals surface area contributed by atoms with Crippen molar-refractivity contribution < 1.29 is 19.8 Å². The first-order valence-electron chi connectivity index (χ1n) is 12.4. The van der Waals surface area contributed by atoms with Gasteiger partial charge in [0.15, 0.2) is 11.5 Å². The topological polar surface area (TPSA) is 74.6 Å². The number of allylic oxidation sites excluding steroid dienone is 4.